The van der Waals surface area contributed by atoms with Crippen molar-refractivity contribution in [2.24, 2.45) is 0 Å². The van der Waals surface area contributed by atoms with Crippen LogP contribution in [0.25, 0.3) is 0 Å². The second-order valence-electron chi connectivity index (χ2n) is 4.97. The summed E-state index contributed by atoms with van der Waals surface area (Å²) in [5, 5.41) is 9.89. The molecule has 21 heavy (non-hydrogen) atoms. The summed E-state index contributed by atoms with van der Waals surface area (Å²) >= 11 is 0. The van der Waals surface area contributed by atoms with Crippen molar-refractivity contribution in [3.8, 4) is 0 Å². The fourth-order valence-corrected chi connectivity index (χ4v) is 2.36. The first-order valence-corrected chi connectivity index (χ1v) is 6.89. The fraction of sp³-hybridized carbons (Fsp3) is 0.333. The highest BCUT2D eigenvalue weighted by Crippen LogP contribution is 2.25. The summed E-state index contributed by atoms with van der Waals surface area (Å²) in [6.07, 6.45) is 2.21. The number of carbonyl (C=O) groups is 1. The van der Waals surface area contributed by atoms with Gasteiger partial charge in [-0.05, 0) is 30.5 Å². The molecule has 0 spiro atoms. The second kappa shape index (κ2) is 5.97. The van der Waals surface area contributed by atoms with E-state index in [1.54, 1.807) is 13.2 Å². The largest absolute Gasteiger partial charge is 0.385 e. The first-order valence-electron chi connectivity index (χ1n) is 6.89. The van der Waals surface area contributed by atoms with Crippen molar-refractivity contribution in [3.05, 3.63) is 41.3 Å². The van der Waals surface area contributed by atoms with E-state index in [4.69, 9.17) is 9.26 Å². The third-order valence-corrected chi connectivity index (χ3v) is 3.38. The Labute approximate surface area is 122 Å². The van der Waals surface area contributed by atoms with E-state index in [1.165, 1.54) is 5.56 Å². The Morgan fingerprint density at radius 3 is 3.24 bits per heavy atom. The predicted molar refractivity (Wildman–Crippen MR) is 78.4 cm³/mol. The summed E-state index contributed by atoms with van der Waals surface area (Å²) in [6, 6.07) is 7.47. The van der Waals surface area contributed by atoms with Crippen LogP contribution < -0.4 is 10.6 Å². The molecule has 0 radical (unpaired) electrons. The molecule has 0 atom stereocenters. The number of hydrogen-bond acceptors (Lipinski definition) is 5. The molecule has 1 amide bonds. The number of ether oxygens (including phenoxy) is 1. The number of amides is 1. The molecule has 1 aliphatic rings. The molecule has 2 N–H and O–H groups in total. The van der Waals surface area contributed by atoms with Crippen molar-refractivity contribution < 1.29 is 14.1 Å². The minimum Gasteiger partial charge on any atom is -0.385 e. The second-order valence-corrected chi connectivity index (χ2v) is 4.97. The lowest BCUT2D eigenvalue weighted by atomic mass is 10.0. The van der Waals surface area contributed by atoms with Crippen molar-refractivity contribution in [1.29, 1.82) is 0 Å². The van der Waals surface area contributed by atoms with E-state index in [2.05, 4.69) is 15.8 Å². The zero-order valence-electron chi connectivity index (χ0n) is 11.8. The summed E-state index contributed by atoms with van der Waals surface area (Å²) in [6.45, 7) is 1.26. The summed E-state index contributed by atoms with van der Waals surface area (Å²) in [5.41, 5.74) is 3.35. The Kier molecular flexibility index (Phi) is 3.87. The molecule has 2 aromatic rings. The van der Waals surface area contributed by atoms with Gasteiger partial charge in [0.25, 0.3) is 5.91 Å². The zero-order valence-corrected chi connectivity index (χ0v) is 11.8. The molecule has 1 aliphatic heterocycles. The van der Waals surface area contributed by atoms with E-state index >= 15 is 0 Å². The first kappa shape index (κ1) is 13.6. The van der Waals surface area contributed by atoms with Crippen LogP contribution in [0.15, 0.2) is 28.8 Å². The third-order valence-electron chi connectivity index (χ3n) is 3.38. The number of nitrogens with zero attached hydrogens (tertiary/aromatic N) is 1. The molecular formula is C15H17N3O3. The number of hydrogen-bond donors (Lipinski definition) is 2. The maximum Gasteiger partial charge on any atom is 0.277 e. The van der Waals surface area contributed by atoms with Crippen LogP contribution in [0.4, 0.5) is 11.4 Å². The van der Waals surface area contributed by atoms with Gasteiger partial charge in [-0.3, -0.25) is 4.79 Å². The SMILES string of the molecule is COCc1cc(C(=O)Nc2ccc3c(c2)NCCC3)no1. The number of aryl methyl sites for hydroxylation is 1. The molecule has 1 aromatic carbocycles. The molecular weight excluding hydrogens is 270 g/mol. The van der Waals surface area contributed by atoms with Crippen LogP contribution in [0, 0.1) is 0 Å². The van der Waals surface area contributed by atoms with Gasteiger partial charge in [-0.2, -0.15) is 0 Å². The van der Waals surface area contributed by atoms with Crippen molar-refractivity contribution in [1.82, 2.24) is 5.16 Å². The van der Waals surface area contributed by atoms with Gasteiger partial charge < -0.3 is 19.9 Å². The van der Waals surface area contributed by atoms with Crippen molar-refractivity contribution in [3.63, 3.8) is 0 Å². The number of benzene rings is 1. The molecule has 0 fully saturated rings. The standard InChI is InChI=1S/C15H17N3O3/c1-20-9-12-8-14(18-21-12)15(19)17-11-5-4-10-3-2-6-16-13(10)7-11/h4-5,7-8,16H,2-3,6,9H2,1H3,(H,17,19). The van der Waals surface area contributed by atoms with Gasteiger partial charge in [0.15, 0.2) is 11.5 Å². The van der Waals surface area contributed by atoms with Crippen LogP contribution >= 0.6 is 0 Å². The molecule has 0 saturated carbocycles. The summed E-state index contributed by atoms with van der Waals surface area (Å²) in [5.74, 6) is 0.228. The van der Waals surface area contributed by atoms with Gasteiger partial charge in [0.05, 0.1) is 0 Å². The van der Waals surface area contributed by atoms with Gasteiger partial charge in [0, 0.05) is 31.1 Å². The van der Waals surface area contributed by atoms with Crippen LogP contribution in [0.3, 0.4) is 0 Å². The lowest BCUT2D eigenvalue weighted by Crippen LogP contribution is -2.15. The third kappa shape index (κ3) is 3.05. The number of fused-ring (bicyclic) bond motifs is 1. The van der Waals surface area contributed by atoms with E-state index in [1.807, 2.05) is 18.2 Å². The van der Waals surface area contributed by atoms with E-state index in [0.29, 0.717) is 12.4 Å². The minimum atomic E-state index is -0.295. The van der Waals surface area contributed by atoms with Gasteiger partial charge in [-0.15, -0.1) is 0 Å². The fourth-order valence-electron chi connectivity index (χ4n) is 2.36. The van der Waals surface area contributed by atoms with E-state index < -0.39 is 0 Å². The minimum absolute atomic E-state index is 0.243. The van der Waals surface area contributed by atoms with E-state index in [0.717, 1.165) is 30.8 Å². The van der Waals surface area contributed by atoms with Crippen LogP contribution in [0.5, 0.6) is 0 Å². The monoisotopic (exact) mass is 287 g/mol. The molecule has 0 unspecified atom stereocenters. The molecule has 110 valence electrons. The van der Waals surface area contributed by atoms with Gasteiger partial charge in [-0.25, -0.2) is 0 Å². The zero-order chi connectivity index (χ0) is 14.7. The molecule has 2 heterocycles. The molecule has 1 aromatic heterocycles. The van der Waals surface area contributed by atoms with Gasteiger partial charge >= 0.3 is 0 Å². The topological polar surface area (TPSA) is 76.4 Å². The highest BCUT2D eigenvalue weighted by molar-refractivity contribution is 6.03. The highest BCUT2D eigenvalue weighted by Gasteiger charge is 2.14. The number of carbonyl (C=O) groups excluding carboxylic acids is 1. The molecule has 6 heteroatoms. The summed E-state index contributed by atoms with van der Waals surface area (Å²) < 4.78 is 9.93. The Balaban J connectivity index is 1.71. The predicted octanol–water partition coefficient (Wildman–Crippen LogP) is 2.43. The smallest absolute Gasteiger partial charge is 0.277 e. The summed E-state index contributed by atoms with van der Waals surface area (Å²) in [7, 11) is 1.56. The van der Waals surface area contributed by atoms with Gasteiger partial charge in [0.1, 0.15) is 6.61 Å². The Bertz CT molecular complexity index is 651. The first-order chi connectivity index (χ1) is 10.3. The Hall–Kier alpha value is -2.34. The van der Waals surface area contributed by atoms with E-state index in [-0.39, 0.29) is 11.6 Å². The van der Waals surface area contributed by atoms with Crippen LogP contribution in [0.1, 0.15) is 28.2 Å². The maximum atomic E-state index is 12.1. The molecule has 0 saturated heterocycles. The van der Waals surface area contributed by atoms with Crippen LogP contribution in [-0.2, 0) is 17.8 Å². The quantitative estimate of drug-likeness (QED) is 0.903. The van der Waals surface area contributed by atoms with Gasteiger partial charge in [0.2, 0.25) is 0 Å². The van der Waals surface area contributed by atoms with Crippen LogP contribution in [-0.4, -0.2) is 24.7 Å². The number of rotatable bonds is 4. The lowest BCUT2D eigenvalue weighted by Gasteiger charge is -2.18. The molecule has 0 bridgehead atoms. The molecule has 3 rings (SSSR count). The number of aromatic nitrogens is 1. The van der Waals surface area contributed by atoms with Crippen molar-refractivity contribution in [2.45, 2.75) is 19.4 Å². The maximum absolute atomic E-state index is 12.1. The molecule has 6 nitrogen and oxygen atoms in total. The Morgan fingerprint density at radius 2 is 2.38 bits per heavy atom. The average molecular weight is 287 g/mol. The van der Waals surface area contributed by atoms with Crippen molar-refractivity contribution >= 4 is 17.3 Å². The average Bonchev–Trinajstić information content (AvgIpc) is 2.96. The van der Waals surface area contributed by atoms with Crippen molar-refractivity contribution in [2.75, 3.05) is 24.3 Å². The number of nitrogens with one attached hydrogen (secondary N) is 2. The van der Waals surface area contributed by atoms with Crippen LogP contribution in [0.2, 0.25) is 0 Å². The number of anilines is 2. The molecule has 0 aliphatic carbocycles. The van der Waals surface area contributed by atoms with E-state index in [9.17, 15) is 4.79 Å². The normalized spacial score (nSPS) is 13.4. The number of methoxy groups -OCH3 is 1. The highest BCUT2D eigenvalue weighted by atomic mass is 16.5. The van der Waals surface area contributed by atoms with Gasteiger partial charge in [-0.1, -0.05) is 11.2 Å². The Morgan fingerprint density at radius 1 is 1.48 bits per heavy atom. The lowest BCUT2D eigenvalue weighted by molar-refractivity contribution is 0.101. The summed E-state index contributed by atoms with van der Waals surface area (Å²) in [4.78, 5) is 12.1.